The molecular formula is C22H24N2O4S. The van der Waals surface area contributed by atoms with Crippen molar-refractivity contribution in [1.29, 1.82) is 0 Å². The fourth-order valence-electron chi connectivity index (χ4n) is 3.91. The Morgan fingerprint density at radius 3 is 2.79 bits per heavy atom. The largest absolute Gasteiger partial charge is 0.497 e. The first-order chi connectivity index (χ1) is 14.0. The number of aromatic nitrogens is 2. The summed E-state index contributed by atoms with van der Waals surface area (Å²) in [4.78, 5) is 30.5. The van der Waals surface area contributed by atoms with Gasteiger partial charge in [0.05, 0.1) is 18.8 Å². The lowest BCUT2D eigenvalue weighted by molar-refractivity contribution is -0.152. The molecule has 0 saturated heterocycles. The zero-order chi connectivity index (χ0) is 20.4. The van der Waals surface area contributed by atoms with E-state index in [4.69, 9.17) is 9.47 Å². The number of fused-ring (bicyclic) bond motifs is 1. The van der Waals surface area contributed by atoms with Crippen LogP contribution in [0.2, 0.25) is 0 Å². The molecule has 2 heterocycles. The van der Waals surface area contributed by atoms with Crippen LogP contribution in [-0.4, -0.2) is 28.7 Å². The Bertz CT molecular complexity index is 1070. The van der Waals surface area contributed by atoms with E-state index in [-0.39, 0.29) is 24.2 Å². The molecule has 1 fully saturated rings. The third-order valence-electron chi connectivity index (χ3n) is 5.45. The highest BCUT2D eigenvalue weighted by Gasteiger charge is 2.23. The highest BCUT2D eigenvalue weighted by atomic mass is 32.1. The third kappa shape index (κ3) is 4.19. The Morgan fingerprint density at radius 2 is 2.07 bits per heavy atom. The summed E-state index contributed by atoms with van der Waals surface area (Å²) in [5.74, 6) is 0.942. The molecule has 0 amide bonds. The predicted octanol–water partition coefficient (Wildman–Crippen LogP) is 4.26. The van der Waals surface area contributed by atoms with Gasteiger partial charge in [-0.3, -0.25) is 14.2 Å². The van der Waals surface area contributed by atoms with Gasteiger partial charge in [-0.2, -0.15) is 0 Å². The van der Waals surface area contributed by atoms with Crippen molar-refractivity contribution in [1.82, 2.24) is 9.55 Å². The quantitative estimate of drug-likeness (QED) is 0.586. The molecular weight excluding hydrogens is 388 g/mol. The summed E-state index contributed by atoms with van der Waals surface area (Å²) >= 11 is 1.42. The van der Waals surface area contributed by atoms with E-state index in [1.54, 1.807) is 7.11 Å². The molecule has 0 bridgehead atoms. The van der Waals surface area contributed by atoms with Gasteiger partial charge in [0.15, 0.2) is 0 Å². The minimum atomic E-state index is -0.381. The zero-order valence-electron chi connectivity index (χ0n) is 16.6. The molecule has 0 N–H and O–H groups in total. The van der Waals surface area contributed by atoms with Crippen LogP contribution in [0, 0.1) is 5.92 Å². The van der Waals surface area contributed by atoms with Gasteiger partial charge in [-0.05, 0) is 42.9 Å². The average molecular weight is 413 g/mol. The summed E-state index contributed by atoms with van der Waals surface area (Å²) in [5, 5.41) is 2.45. The van der Waals surface area contributed by atoms with Crippen molar-refractivity contribution in [2.45, 2.75) is 45.3 Å². The molecule has 1 aliphatic carbocycles. The lowest BCUT2D eigenvalue weighted by Crippen LogP contribution is -2.30. The Morgan fingerprint density at radius 1 is 1.28 bits per heavy atom. The fraction of sp³-hybridized carbons (Fsp3) is 0.409. The molecule has 3 aromatic rings. The van der Waals surface area contributed by atoms with Gasteiger partial charge in [0, 0.05) is 10.9 Å². The van der Waals surface area contributed by atoms with Crippen molar-refractivity contribution < 1.29 is 14.3 Å². The van der Waals surface area contributed by atoms with Gasteiger partial charge in [-0.25, -0.2) is 4.98 Å². The number of nitrogens with zero attached hydrogens (tertiary/aromatic N) is 2. The smallest absolute Gasteiger partial charge is 0.326 e. The number of thiophene rings is 1. The maximum atomic E-state index is 13.1. The van der Waals surface area contributed by atoms with E-state index in [1.807, 2.05) is 29.6 Å². The second-order valence-corrected chi connectivity index (χ2v) is 8.48. The molecule has 0 unspecified atom stereocenters. The normalized spacial score (nSPS) is 19.2. The highest BCUT2D eigenvalue weighted by Crippen LogP contribution is 2.31. The first-order valence-corrected chi connectivity index (χ1v) is 10.7. The summed E-state index contributed by atoms with van der Waals surface area (Å²) in [6, 6.07) is 7.54. The number of benzene rings is 1. The van der Waals surface area contributed by atoms with Crippen LogP contribution in [0.15, 0.2) is 40.8 Å². The van der Waals surface area contributed by atoms with Crippen LogP contribution in [-0.2, 0) is 16.1 Å². The van der Waals surface area contributed by atoms with Crippen LogP contribution in [0.5, 0.6) is 5.75 Å². The van der Waals surface area contributed by atoms with Crippen molar-refractivity contribution in [2.75, 3.05) is 7.11 Å². The van der Waals surface area contributed by atoms with Gasteiger partial charge < -0.3 is 9.47 Å². The van der Waals surface area contributed by atoms with Crippen LogP contribution in [0.1, 0.15) is 32.6 Å². The number of hydrogen-bond acceptors (Lipinski definition) is 6. The number of methoxy groups -OCH3 is 1. The van der Waals surface area contributed by atoms with Crippen LogP contribution in [0.3, 0.4) is 0 Å². The molecule has 1 aromatic carbocycles. The van der Waals surface area contributed by atoms with Gasteiger partial charge in [-0.1, -0.05) is 25.5 Å². The zero-order valence-corrected chi connectivity index (χ0v) is 17.4. The molecule has 0 radical (unpaired) electrons. The maximum absolute atomic E-state index is 13.1. The van der Waals surface area contributed by atoms with Gasteiger partial charge in [0.2, 0.25) is 0 Å². The molecule has 152 valence electrons. The number of carbonyl (C=O) groups excluding carboxylic acids is 1. The van der Waals surface area contributed by atoms with E-state index in [1.165, 1.54) is 28.7 Å². The third-order valence-corrected chi connectivity index (χ3v) is 6.33. The van der Waals surface area contributed by atoms with E-state index in [9.17, 15) is 9.59 Å². The standard InChI is InChI=1S/C22H24N2O4S/c1-14-4-3-5-17(10-14)28-19(25)11-24-13-23-21-20(22(24)26)18(12-29-21)15-6-8-16(27-2)9-7-15/h6-9,12-14,17H,3-5,10-11H2,1-2H3/t14-,17+/m0/s1. The van der Waals surface area contributed by atoms with Crippen LogP contribution in [0.25, 0.3) is 21.3 Å². The molecule has 2 aromatic heterocycles. The number of ether oxygens (including phenoxy) is 2. The second kappa shape index (κ2) is 8.37. The molecule has 6 nitrogen and oxygen atoms in total. The van der Waals surface area contributed by atoms with E-state index >= 15 is 0 Å². The minimum Gasteiger partial charge on any atom is -0.497 e. The molecule has 29 heavy (non-hydrogen) atoms. The first-order valence-electron chi connectivity index (χ1n) is 9.85. The number of hydrogen-bond donors (Lipinski definition) is 0. The summed E-state index contributed by atoms with van der Waals surface area (Å²) in [5.41, 5.74) is 1.50. The summed E-state index contributed by atoms with van der Waals surface area (Å²) in [7, 11) is 1.62. The summed E-state index contributed by atoms with van der Waals surface area (Å²) < 4.78 is 12.2. The SMILES string of the molecule is COc1ccc(-c2csc3ncn(CC(=O)O[C@@H]4CCC[C@H](C)C4)c(=O)c23)cc1. The second-order valence-electron chi connectivity index (χ2n) is 7.62. The molecule has 1 aliphatic rings. The monoisotopic (exact) mass is 412 g/mol. The first kappa shape index (κ1) is 19.6. The van der Waals surface area contributed by atoms with Gasteiger partial charge in [0.25, 0.3) is 5.56 Å². The van der Waals surface area contributed by atoms with Crippen LogP contribution < -0.4 is 10.3 Å². The number of rotatable bonds is 5. The van der Waals surface area contributed by atoms with Crippen molar-refractivity contribution in [3.8, 4) is 16.9 Å². The van der Waals surface area contributed by atoms with Gasteiger partial charge >= 0.3 is 5.97 Å². The topological polar surface area (TPSA) is 70.4 Å². The van der Waals surface area contributed by atoms with Gasteiger partial charge in [0.1, 0.15) is 23.2 Å². The van der Waals surface area contributed by atoms with Crippen LogP contribution in [0.4, 0.5) is 0 Å². The number of carbonyl (C=O) groups is 1. The summed E-state index contributed by atoms with van der Waals surface area (Å²) in [6.45, 7) is 2.06. The van der Waals surface area contributed by atoms with Crippen molar-refractivity contribution in [3.05, 3.63) is 46.3 Å². The summed E-state index contributed by atoms with van der Waals surface area (Å²) in [6.07, 6.45) is 5.43. The lowest BCUT2D eigenvalue weighted by Gasteiger charge is -2.26. The Balaban J connectivity index is 1.58. The van der Waals surface area contributed by atoms with Crippen LogP contribution >= 0.6 is 11.3 Å². The fourth-order valence-corrected chi connectivity index (χ4v) is 4.82. The molecule has 7 heteroatoms. The predicted molar refractivity (Wildman–Crippen MR) is 113 cm³/mol. The lowest BCUT2D eigenvalue weighted by atomic mass is 9.89. The molecule has 0 spiro atoms. The van der Waals surface area contributed by atoms with Crippen molar-refractivity contribution in [3.63, 3.8) is 0 Å². The van der Waals surface area contributed by atoms with E-state index < -0.39 is 0 Å². The number of esters is 1. The Labute approximate surface area is 173 Å². The molecule has 0 aliphatic heterocycles. The molecule has 1 saturated carbocycles. The Kier molecular flexibility index (Phi) is 5.67. The molecule has 2 atom stereocenters. The van der Waals surface area contributed by atoms with E-state index in [0.717, 1.165) is 36.1 Å². The van der Waals surface area contributed by atoms with E-state index in [0.29, 0.717) is 16.1 Å². The Hall–Kier alpha value is -2.67. The van der Waals surface area contributed by atoms with E-state index in [2.05, 4.69) is 11.9 Å². The van der Waals surface area contributed by atoms with Crippen molar-refractivity contribution in [2.24, 2.45) is 5.92 Å². The highest BCUT2D eigenvalue weighted by molar-refractivity contribution is 7.17. The average Bonchev–Trinajstić information content (AvgIpc) is 3.15. The maximum Gasteiger partial charge on any atom is 0.326 e. The molecule has 4 rings (SSSR count). The van der Waals surface area contributed by atoms with Gasteiger partial charge in [-0.15, -0.1) is 11.3 Å². The van der Waals surface area contributed by atoms with Crippen molar-refractivity contribution >= 4 is 27.5 Å². The minimum absolute atomic E-state index is 0.0466.